The first-order valence-electron chi connectivity index (χ1n) is 5.75. The number of rotatable bonds is 2. The van der Waals surface area contributed by atoms with E-state index in [2.05, 4.69) is 5.43 Å². The summed E-state index contributed by atoms with van der Waals surface area (Å²) in [5.41, 5.74) is -5.31. The van der Waals surface area contributed by atoms with Gasteiger partial charge in [0.15, 0.2) is 0 Å². The molecule has 0 saturated heterocycles. The number of hydrogen-bond acceptors (Lipinski definition) is 2. The molecule has 0 fully saturated rings. The molecule has 1 aromatic rings. The minimum Gasteiger partial charge on any atom is -0.327 e. The molecule has 0 saturated carbocycles. The van der Waals surface area contributed by atoms with Gasteiger partial charge in [0.05, 0.1) is 0 Å². The SMILES string of the molecule is FC(F)(F)C(F)(C(F)(F)F)C1(c2ccccc2)NNC=C1I. The van der Waals surface area contributed by atoms with Gasteiger partial charge in [-0.15, -0.1) is 0 Å². The molecule has 1 heterocycles. The number of hydrogen-bond donors (Lipinski definition) is 2. The van der Waals surface area contributed by atoms with Crippen molar-refractivity contribution in [2.75, 3.05) is 0 Å². The standard InChI is InChI=1S/C12H8F7IN2/c13-10(11(14,15)16,12(17,18)19)9(8(20)6-21-22-9)7-4-2-1-3-5-7/h1-6,21-22H. The third kappa shape index (κ3) is 2.18. The molecule has 2 nitrogen and oxygen atoms in total. The number of benzene rings is 1. The average Bonchev–Trinajstić information content (AvgIpc) is 2.79. The summed E-state index contributed by atoms with van der Waals surface area (Å²) in [6, 6.07) is 5.86. The van der Waals surface area contributed by atoms with Crippen LogP contribution in [0.5, 0.6) is 0 Å². The van der Waals surface area contributed by atoms with E-state index in [9.17, 15) is 30.7 Å². The van der Waals surface area contributed by atoms with Gasteiger partial charge in [-0.3, -0.25) is 0 Å². The van der Waals surface area contributed by atoms with Crippen LogP contribution in [0.25, 0.3) is 0 Å². The zero-order valence-electron chi connectivity index (χ0n) is 10.5. The van der Waals surface area contributed by atoms with Gasteiger partial charge in [-0.25, -0.2) is 9.82 Å². The van der Waals surface area contributed by atoms with E-state index in [-0.39, 0.29) is 0 Å². The Hall–Kier alpha value is -1.04. The van der Waals surface area contributed by atoms with Gasteiger partial charge < -0.3 is 5.43 Å². The zero-order chi connectivity index (χ0) is 16.8. The third-order valence-corrected chi connectivity index (χ3v) is 4.44. The molecule has 10 heteroatoms. The molecule has 0 radical (unpaired) electrons. The molecule has 1 unspecified atom stereocenters. The predicted octanol–water partition coefficient (Wildman–Crippen LogP) is 4.10. The second-order valence-corrected chi connectivity index (χ2v) is 5.69. The smallest absolute Gasteiger partial charge is 0.327 e. The van der Waals surface area contributed by atoms with E-state index in [0.29, 0.717) is 0 Å². The lowest BCUT2D eigenvalue weighted by Crippen LogP contribution is -2.71. The van der Waals surface area contributed by atoms with Crippen LogP contribution < -0.4 is 10.9 Å². The summed E-state index contributed by atoms with van der Waals surface area (Å²) in [6.45, 7) is 0. The van der Waals surface area contributed by atoms with Crippen LogP contribution in [-0.4, -0.2) is 18.0 Å². The fraction of sp³-hybridized carbons (Fsp3) is 0.333. The molecule has 1 aromatic carbocycles. The molecule has 2 rings (SSSR count). The van der Waals surface area contributed by atoms with Crippen LogP contribution in [0.3, 0.4) is 0 Å². The molecule has 22 heavy (non-hydrogen) atoms. The summed E-state index contributed by atoms with van der Waals surface area (Å²) in [4.78, 5) is 0. The third-order valence-electron chi connectivity index (χ3n) is 3.32. The summed E-state index contributed by atoms with van der Waals surface area (Å²) in [5.74, 6) is 0. The normalized spacial score (nSPS) is 23.2. The van der Waals surface area contributed by atoms with Gasteiger partial charge in [-0.2, -0.15) is 26.3 Å². The molecule has 2 N–H and O–H groups in total. The first-order valence-corrected chi connectivity index (χ1v) is 6.83. The van der Waals surface area contributed by atoms with Crippen molar-refractivity contribution in [2.24, 2.45) is 0 Å². The molecule has 0 amide bonds. The van der Waals surface area contributed by atoms with Crippen molar-refractivity contribution in [3.63, 3.8) is 0 Å². The van der Waals surface area contributed by atoms with Crippen molar-refractivity contribution in [1.29, 1.82) is 0 Å². The molecular weight excluding hydrogens is 432 g/mol. The number of alkyl halides is 7. The zero-order valence-corrected chi connectivity index (χ0v) is 12.6. The van der Waals surface area contributed by atoms with Crippen molar-refractivity contribution in [2.45, 2.75) is 23.6 Å². The van der Waals surface area contributed by atoms with Crippen molar-refractivity contribution in [3.05, 3.63) is 45.7 Å². The van der Waals surface area contributed by atoms with E-state index in [1.807, 2.05) is 5.43 Å². The monoisotopic (exact) mass is 440 g/mol. The first-order chi connectivity index (χ1) is 9.98. The second-order valence-electron chi connectivity index (χ2n) is 4.53. The quantitative estimate of drug-likeness (QED) is 0.535. The highest BCUT2D eigenvalue weighted by atomic mass is 127. The van der Waals surface area contributed by atoms with Crippen molar-refractivity contribution < 1.29 is 30.7 Å². The summed E-state index contributed by atoms with van der Waals surface area (Å²) in [5, 5.41) is 0. The van der Waals surface area contributed by atoms with Gasteiger partial charge in [0.1, 0.15) is 5.54 Å². The van der Waals surface area contributed by atoms with Crippen LogP contribution in [0.1, 0.15) is 5.56 Å². The van der Waals surface area contributed by atoms with Crippen molar-refractivity contribution in [3.8, 4) is 0 Å². The van der Waals surface area contributed by atoms with E-state index < -0.39 is 32.7 Å². The van der Waals surface area contributed by atoms with Gasteiger partial charge >= 0.3 is 18.0 Å². The molecule has 0 bridgehead atoms. The topological polar surface area (TPSA) is 24.1 Å². The Labute approximate surface area is 133 Å². The minimum atomic E-state index is -6.19. The highest BCUT2D eigenvalue weighted by Crippen LogP contribution is 2.59. The summed E-state index contributed by atoms with van der Waals surface area (Å²) >= 11 is 1.25. The second kappa shape index (κ2) is 5.25. The highest BCUT2D eigenvalue weighted by Gasteiger charge is 2.83. The van der Waals surface area contributed by atoms with Crippen LogP contribution in [0.15, 0.2) is 40.1 Å². The predicted molar refractivity (Wildman–Crippen MR) is 72.4 cm³/mol. The summed E-state index contributed by atoms with van der Waals surface area (Å²) < 4.78 is 93.2. The Morgan fingerprint density at radius 3 is 1.73 bits per heavy atom. The van der Waals surface area contributed by atoms with Gasteiger partial charge in [0, 0.05) is 9.78 Å². The fourth-order valence-corrected chi connectivity index (χ4v) is 3.28. The van der Waals surface area contributed by atoms with Crippen LogP contribution in [0.2, 0.25) is 0 Å². The molecule has 0 aliphatic carbocycles. The lowest BCUT2D eigenvalue weighted by atomic mass is 9.75. The number of hydrazine groups is 1. The van der Waals surface area contributed by atoms with Crippen molar-refractivity contribution in [1.82, 2.24) is 10.9 Å². The van der Waals surface area contributed by atoms with Gasteiger partial charge in [0.25, 0.3) is 0 Å². The van der Waals surface area contributed by atoms with E-state index in [4.69, 9.17) is 0 Å². The van der Waals surface area contributed by atoms with E-state index in [1.54, 1.807) is 0 Å². The average molecular weight is 440 g/mol. The maximum Gasteiger partial charge on any atom is 0.434 e. The highest BCUT2D eigenvalue weighted by molar-refractivity contribution is 14.1. The molecule has 1 aliphatic heterocycles. The van der Waals surface area contributed by atoms with Gasteiger partial charge in [-0.05, 0) is 28.2 Å². The lowest BCUT2D eigenvalue weighted by molar-refractivity contribution is -0.361. The van der Waals surface area contributed by atoms with E-state index >= 15 is 0 Å². The number of nitrogens with one attached hydrogen (secondary N) is 2. The van der Waals surface area contributed by atoms with E-state index in [1.165, 1.54) is 40.8 Å². The molecule has 1 aliphatic rings. The van der Waals surface area contributed by atoms with Gasteiger partial charge in [-0.1, -0.05) is 30.3 Å². The molecule has 0 aromatic heterocycles. The Balaban J connectivity index is 2.82. The lowest BCUT2D eigenvalue weighted by Gasteiger charge is -2.44. The maximum absolute atomic E-state index is 14.7. The number of halogens is 8. The Kier molecular flexibility index (Phi) is 4.13. The van der Waals surface area contributed by atoms with Crippen LogP contribution in [0.4, 0.5) is 30.7 Å². The van der Waals surface area contributed by atoms with Crippen LogP contribution in [0, 0.1) is 0 Å². The van der Waals surface area contributed by atoms with Crippen LogP contribution >= 0.6 is 22.6 Å². The van der Waals surface area contributed by atoms with Gasteiger partial charge in [0.2, 0.25) is 0 Å². The van der Waals surface area contributed by atoms with Crippen molar-refractivity contribution >= 4 is 22.6 Å². The van der Waals surface area contributed by atoms with Crippen LogP contribution in [-0.2, 0) is 5.54 Å². The largest absolute Gasteiger partial charge is 0.434 e. The molecule has 0 spiro atoms. The Bertz CT molecular complexity index is 567. The minimum absolute atomic E-state index is 0.502. The molecular formula is C12H8F7IN2. The molecule has 1 atom stereocenters. The summed E-state index contributed by atoms with van der Waals surface area (Å²) in [6.07, 6.45) is -11.5. The fourth-order valence-electron chi connectivity index (χ4n) is 2.31. The maximum atomic E-state index is 14.7. The van der Waals surface area contributed by atoms with E-state index in [0.717, 1.165) is 18.3 Å². The first kappa shape index (κ1) is 17.3. The Morgan fingerprint density at radius 2 is 1.36 bits per heavy atom. The summed E-state index contributed by atoms with van der Waals surface area (Å²) in [7, 11) is 0. The Morgan fingerprint density at radius 1 is 0.864 bits per heavy atom. The molecule has 122 valence electrons.